The first-order chi connectivity index (χ1) is 8.74. The van der Waals surface area contributed by atoms with Crippen LogP contribution in [0.5, 0.6) is 5.75 Å². The Hall–Kier alpha value is -1.62. The highest BCUT2D eigenvalue weighted by atomic mass is 16.5. The zero-order valence-electron chi connectivity index (χ0n) is 10.9. The normalized spacial score (nSPS) is 15.7. The molecule has 0 aliphatic carbocycles. The van der Waals surface area contributed by atoms with Gasteiger partial charge in [0.2, 0.25) is 0 Å². The average molecular weight is 249 g/mol. The van der Waals surface area contributed by atoms with Gasteiger partial charge in [0.1, 0.15) is 11.4 Å². The predicted molar refractivity (Wildman–Crippen MR) is 68.7 cm³/mol. The van der Waals surface area contributed by atoms with E-state index in [0.717, 1.165) is 30.9 Å². The molecule has 1 saturated heterocycles. The second-order valence-electron chi connectivity index (χ2n) is 4.44. The third kappa shape index (κ3) is 2.79. The lowest BCUT2D eigenvalue weighted by Gasteiger charge is -2.16. The Kier molecular flexibility index (Phi) is 4.15. The van der Waals surface area contributed by atoms with Crippen molar-refractivity contribution in [2.24, 2.45) is 0 Å². The first kappa shape index (κ1) is 12.8. The van der Waals surface area contributed by atoms with Gasteiger partial charge < -0.3 is 10.1 Å². The van der Waals surface area contributed by atoms with Crippen LogP contribution in [0, 0.1) is 0 Å². The number of pyridine rings is 1. The summed E-state index contributed by atoms with van der Waals surface area (Å²) in [6.07, 6.45) is 4.25. The van der Waals surface area contributed by atoms with Crippen LogP contribution in [0.3, 0.4) is 0 Å². The number of hydrogen-bond acceptors (Lipinski definition) is 4. The zero-order valence-corrected chi connectivity index (χ0v) is 10.9. The standard InChI is InChI=1S/C13H19N3O2/c1-14-13(17)11-7-12(18-2)10(8-15-11)9-16-5-3-4-6-16/h7-8H,3-6,9H2,1-2H3,(H,14,17). The fourth-order valence-electron chi connectivity index (χ4n) is 2.21. The molecule has 98 valence electrons. The number of ether oxygens (including phenoxy) is 1. The summed E-state index contributed by atoms with van der Waals surface area (Å²) >= 11 is 0. The summed E-state index contributed by atoms with van der Waals surface area (Å²) in [6.45, 7) is 3.09. The van der Waals surface area contributed by atoms with Crippen LogP contribution in [0.1, 0.15) is 28.9 Å². The summed E-state index contributed by atoms with van der Waals surface area (Å²) in [5.74, 6) is 0.538. The molecule has 1 N–H and O–H groups in total. The molecule has 1 aliphatic rings. The molecule has 1 aliphatic heterocycles. The molecule has 1 amide bonds. The Morgan fingerprint density at radius 3 is 2.83 bits per heavy atom. The van der Waals surface area contributed by atoms with E-state index in [1.165, 1.54) is 12.8 Å². The van der Waals surface area contributed by atoms with Crippen molar-refractivity contribution in [1.82, 2.24) is 15.2 Å². The Balaban J connectivity index is 2.17. The minimum atomic E-state index is -0.193. The van der Waals surface area contributed by atoms with Crippen LogP contribution < -0.4 is 10.1 Å². The third-order valence-corrected chi connectivity index (χ3v) is 3.22. The molecule has 5 nitrogen and oxygen atoms in total. The maximum Gasteiger partial charge on any atom is 0.269 e. The molecule has 0 aromatic carbocycles. The molecule has 1 aromatic rings. The van der Waals surface area contributed by atoms with E-state index in [1.807, 2.05) is 0 Å². The molecular formula is C13H19N3O2. The van der Waals surface area contributed by atoms with Crippen molar-refractivity contribution in [3.63, 3.8) is 0 Å². The van der Waals surface area contributed by atoms with Crippen LogP contribution in [0.4, 0.5) is 0 Å². The Labute approximate surface area is 107 Å². The molecule has 2 heterocycles. The van der Waals surface area contributed by atoms with Gasteiger partial charge in [0.05, 0.1) is 7.11 Å². The first-order valence-corrected chi connectivity index (χ1v) is 6.22. The van der Waals surface area contributed by atoms with Crippen LogP contribution in [-0.2, 0) is 6.54 Å². The predicted octanol–water partition coefficient (Wildman–Crippen LogP) is 1.05. The molecule has 1 aromatic heterocycles. The minimum Gasteiger partial charge on any atom is -0.496 e. The number of nitrogens with zero attached hydrogens (tertiary/aromatic N) is 2. The molecule has 0 radical (unpaired) electrons. The smallest absolute Gasteiger partial charge is 0.269 e. The molecule has 0 unspecified atom stereocenters. The monoisotopic (exact) mass is 249 g/mol. The highest BCUT2D eigenvalue weighted by Crippen LogP contribution is 2.22. The Bertz CT molecular complexity index is 428. The number of amides is 1. The molecule has 0 spiro atoms. The Morgan fingerprint density at radius 2 is 2.22 bits per heavy atom. The highest BCUT2D eigenvalue weighted by molar-refractivity contribution is 5.92. The summed E-state index contributed by atoms with van der Waals surface area (Å²) in [7, 11) is 3.21. The van der Waals surface area contributed by atoms with Gasteiger partial charge >= 0.3 is 0 Å². The largest absolute Gasteiger partial charge is 0.496 e. The van der Waals surface area contributed by atoms with E-state index in [1.54, 1.807) is 26.4 Å². The number of nitrogens with one attached hydrogen (secondary N) is 1. The van der Waals surface area contributed by atoms with E-state index >= 15 is 0 Å². The highest BCUT2D eigenvalue weighted by Gasteiger charge is 2.16. The van der Waals surface area contributed by atoms with Gasteiger partial charge in [-0.1, -0.05) is 0 Å². The van der Waals surface area contributed by atoms with Crippen LogP contribution >= 0.6 is 0 Å². The first-order valence-electron chi connectivity index (χ1n) is 6.22. The van der Waals surface area contributed by atoms with Gasteiger partial charge in [0, 0.05) is 31.4 Å². The van der Waals surface area contributed by atoms with E-state index in [0.29, 0.717) is 5.69 Å². The number of rotatable bonds is 4. The number of carbonyl (C=O) groups is 1. The number of methoxy groups -OCH3 is 1. The topological polar surface area (TPSA) is 54.5 Å². The lowest BCUT2D eigenvalue weighted by molar-refractivity contribution is 0.0957. The summed E-state index contributed by atoms with van der Waals surface area (Å²) < 4.78 is 5.34. The minimum absolute atomic E-state index is 0.193. The molecule has 0 bridgehead atoms. The van der Waals surface area contributed by atoms with Crippen LogP contribution in [0.15, 0.2) is 12.3 Å². The van der Waals surface area contributed by atoms with E-state index in [9.17, 15) is 4.79 Å². The van der Waals surface area contributed by atoms with Crippen LogP contribution in [-0.4, -0.2) is 43.0 Å². The average Bonchev–Trinajstić information content (AvgIpc) is 2.91. The van der Waals surface area contributed by atoms with Crippen molar-refractivity contribution in [2.45, 2.75) is 19.4 Å². The molecule has 1 fully saturated rings. The van der Waals surface area contributed by atoms with Crippen molar-refractivity contribution in [2.75, 3.05) is 27.2 Å². The van der Waals surface area contributed by atoms with Crippen molar-refractivity contribution < 1.29 is 9.53 Å². The fourth-order valence-corrected chi connectivity index (χ4v) is 2.21. The second-order valence-corrected chi connectivity index (χ2v) is 4.44. The van der Waals surface area contributed by atoms with Gasteiger partial charge in [0.25, 0.3) is 5.91 Å². The van der Waals surface area contributed by atoms with Crippen molar-refractivity contribution in [3.05, 3.63) is 23.5 Å². The molecular weight excluding hydrogens is 230 g/mol. The van der Waals surface area contributed by atoms with Crippen molar-refractivity contribution >= 4 is 5.91 Å². The fraction of sp³-hybridized carbons (Fsp3) is 0.538. The molecule has 5 heteroatoms. The summed E-state index contributed by atoms with van der Waals surface area (Å²) in [6, 6.07) is 1.70. The van der Waals surface area contributed by atoms with Crippen molar-refractivity contribution in [3.8, 4) is 5.75 Å². The number of aromatic nitrogens is 1. The van der Waals surface area contributed by atoms with E-state index < -0.39 is 0 Å². The number of carbonyl (C=O) groups excluding carboxylic acids is 1. The number of hydrogen-bond donors (Lipinski definition) is 1. The molecule has 0 saturated carbocycles. The third-order valence-electron chi connectivity index (χ3n) is 3.22. The summed E-state index contributed by atoms with van der Waals surface area (Å²) in [5.41, 5.74) is 1.42. The van der Waals surface area contributed by atoms with Crippen molar-refractivity contribution in [1.29, 1.82) is 0 Å². The maximum absolute atomic E-state index is 11.5. The number of likely N-dealkylation sites (tertiary alicyclic amines) is 1. The lowest BCUT2D eigenvalue weighted by Crippen LogP contribution is -2.21. The van der Waals surface area contributed by atoms with Gasteiger partial charge in [-0.15, -0.1) is 0 Å². The van der Waals surface area contributed by atoms with Crippen LogP contribution in [0.25, 0.3) is 0 Å². The van der Waals surface area contributed by atoms with Gasteiger partial charge in [-0.25, -0.2) is 0 Å². The van der Waals surface area contributed by atoms with Gasteiger partial charge in [-0.3, -0.25) is 14.7 Å². The van der Waals surface area contributed by atoms with Gasteiger partial charge in [0.15, 0.2) is 0 Å². The maximum atomic E-state index is 11.5. The summed E-state index contributed by atoms with van der Waals surface area (Å²) in [4.78, 5) is 18.1. The molecule has 0 atom stereocenters. The van der Waals surface area contributed by atoms with E-state index in [4.69, 9.17) is 4.74 Å². The van der Waals surface area contributed by atoms with E-state index in [-0.39, 0.29) is 5.91 Å². The van der Waals surface area contributed by atoms with Gasteiger partial charge in [-0.2, -0.15) is 0 Å². The van der Waals surface area contributed by atoms with E-state index in [2.05, 4.69) is 15.2 Å². The summed E-state index contributed by atoms with van der Waals surface area (Å²) in [5, 5.41) is 2.56. The second kappa shape index (κ2) is 5.82. The quantitative estimate of drug-likeness (QED) is 0.866. The molecule has 18 heavy (non-hydrogen) atoms. The zero-order chi connectivity index (χ0) is 13.0. The SMILES string of the molecule is CNC(=O)c1cc(OC)c(CN2CCCC2)cn1. The molecule has 2 rings (SSSR count). The van der Waals surface area contributed by atoms with Gasteiger partial charge in [-0.05, 0) is 25.9 Å². The lowest BCUT2D eigenvalue weighted by atomic mass is 10.2. The Morgan fingerprint density at radius 1 is 1.50 bits per heavy atom. The van der Waals surface area contributed by atoms with Crippen LogP contribution in [0.2, 0.25) is 0 Å².